The number of β-amino-alcohol motifs (C(OH)–C–C–N with tert-alkyl or cyclic N) is 1. The van der Waals surface area contributed by atoms with Crippen molar-refractivity contribution in [3.8, 4) is 0 Å². The lowest BCUT2D eigenvalue weighted by molar-refractivity contribution is -0.304. The summed E-state index contributed by atoms with van der Waals surface area (Å²) in [6.07, 6.45) is -1.99. The minimum atomic E-state index is -1.38. The van der Waals surface area contributed by atoms with E-state index in [4.69, 9.17) is 30.4 Å². The molecule has 2 saturated carbocycles. The van der Waals surface area contributed by atoms with Crippen LogP contribution >= 0.6 is 0 Å². The highest BCUT2D eigenvalue weighted by atomic mass is 16.7. The van der Waals surface area contributed by atoms with Crippen molar-refractivity contribution in [3.63, 3.8) is 0 Å². The maximum absolute atomic E-state index is 12.9. The molecule has 43 heavy (non-hydrogen) atoms. The van der Waals surface area contributed by atoms with Gasteiger partial charge in [0.1, 0.15) is 35.8 Å². The van der Waals surface area contributed by atoms with Gasteiger partial charge in [-0.3, -0.25) is 4.79 Å². The summed E-state index contributed by atoms with van der Waals surface area (Å²) in [5.41, 5.74) is 10.3. The zero-order valence-corrected chi connectivity index (χ0v) is 25.0. The minimum absolute atomic E-state index is 0.142. The van der Waals surface area contributed by atoms with Gasteiger partial charge in [-0.05, 0) is 58.2 Å². The Morgan fingerprint density at radius 1 is 1.12 bits per heavy atom. The molecular weight excluding hydrogens is 564 g/mol. The van der Waals surface area contributed by atoms with Crippen LogP contribution in [0, 0.1) is 5.92 Å². The number of hydrogen-bond donors (Lipinski definition) is 10. The van der Waals surface area contributed by atoms with E-state index in [1.54, 1.807) is 7.05 Å². The van der Waals surface area contributed by atoms with E-state index < -0.39 is 78.3 Å². The second kappa shape index (κ2) is 13.5. The van der Waals surface area contributed by atoms with Crippen LogP contribution in [0.25, 0.3) is 0 Å². The van der Waals surface area contributed by atoms with E-state index in [0.717, 1.165) is 6.54 Å². The Labute approximate surface area is 252 Å². The number of carbonyl (C=O) groups excluding carboxylic acids is 1. The number of aliphatic hydroxyl groups excluding tert-OH is 2. The second-order valence-corrected chi connectivity index (χ2v) is 13.2. The van der Waals surface area contributed by atoms with E-state index in [-0.39, 0.29) is 19.4 Å². The smallest absolute Gasteiger partial charge is 0.223 e. The van der Waals surface area contributed by atoms with Gasteiger partial charge >= 0.3 is 0 Å². The van der Waals surface area contributed by atoms with E-state index in [1.165, 1.54) is 19.8 Å². The number of ether oxygens (including phenoxy) is 4. The molecule has 0 spiro atoms. The average Bonchev–Trinajstić information content (AvgIpc) is 3.75. The van der Waals surface area contributed by atoms with Gasteiger partial charge in [-0.1, -0.05) is 0 Å². The Bertz CT molecular complexity index is 996. The molecule has 15 heteroatoms. The van der Waals surface area contributed by atoms with Crippen molar-refractivity contribution in [2.24, 2.45) is 17.4 Å². The molecule has 11 atom stereocenters. The van der Waals surface area contributed by atoms with E-state index in [1.807, 2.05) is 6.08 Å². The second-order valence-electron chi connectivity index (χ2n) is 13.2. The van der Waals surface area contributed by atoms with Crippen LogP contribution in [0.15, 0.2) is 11.8 Å². The Morgan fingerprint density at radius 2 is 1.84 bits per heavy atom. The SMILES string of the molecule is CN[C@@H]1[C@@H](O)[C@@H](O[C@@H]2[C@@H](O)[C@H](O[C@H]3OC(CNCC4CC4)=CC[C@H]3N)[C@@H](N)C[C@H]2NC(=O)CC2(O)CNC2)OC[C@]1(C)O. The molecule has 3 heterocycles. The molecule has 15 nitrogen and oxygen atoms in total. The Hall–Kier alpha value is -1.47. The molecule has 1 amide bonds. The molecule has 5 aliphatic rings. The summed E-state index contributed by atoms with van der Waals surface area (Å²) >= 11 is 0. The van der Waals surface area contributed by atoms with Crippen LogP contribution in [0.4, 0.5) is 0 Å². The maximum Gasteiger partial charge on any atom is 0.223 e. The van der Waals surface area contributed by atoms with Crippen LogP contribution < -0.4 is 32.7 Å². The lowest BCUT2D eigenvalue weighted by Crippen LogP contribution is -2.69. The first-order chi connectivity index (χ1) is 20.4. The van der Waals surface area contributed by atoms with Gasteiger partial charge in [0.05, 0.1) is 43.3 Å². The van der Waals surface area contributed by atoms with Gasteiger partial charge in [0, 0.05) is 19.1 Å². The number of nitrogens with two attached hydrogens (primary N) is 2. The zero-order valence-electron chi connectivity index (χ0n) is 25.0. The molecule has 4 fully saturated rings. The molecule has 246 valence electrons. The Morgan fingerprint density at radius 3 is 2.49 bits per heavy atom. The van der Waals surface area contributed by atoms with E-state index >= 15 is 0 Å². The monoisotopic (exact) mass is 614 g/mol. The number of nitrogens with one attached hydrogen (secondary N) is 4. The minimum Gasteiger partial charge on any atom is -0.467 e. The van der Waals surface area contributed by atoms with Gasteiger partial charge in [-0.2, -0.15) is 0 Å². The molecule has 5 rings (SSSR count). The summed E-state index contributed by atoms with van der Waals surface area (Å²) in [7, 11) is 1.60. The number of likely N-dealkylation sites (N-methyl/N-ethyl adjacent to an activating group) is 1. The van der Waals surface area contributed by atoms with Gasteiger partial charge in [-0.25, -0.2) is 0 Å². The molecule has 0 aromatic carbocycles. The predicted octanol–water partition coefficient (Wildman–Crippen LogP) is -3.93. The van der Waals surface area contributed by atoms with Gasteiger partial charge in [0.15, 0.2) is 6.29 Å². The molecule has 0 bridgehead atoms. The van der Waals surface area contributed by atoms with Gasteiger partial charge in [0.25, 0.3) is 0 Å². The summed E-state index contributed by atoms with van der Waals surface area (Å²) in [4.78, 5) is 12.9. The molecule has 0 unspecified atom stereocenters. The fraction of sp³-hybridized carbons (Fsp3) is 0.893. The first kappa shape index (κ1) is 32.9. The first-order valence-electron chi connectivity index (χ1n) is 15.4. The van der Waals surface area contributed by atoms with Crippen molar-refractivity contribution in [2.45, 2.75) is 111 Å². The van der Waals surface area contributed by atoms with Crippen molar-refractivity contribution < 1.29 is 44.2 Å². The van der Waals surface area contributed by atoms with E-state index in [2.05, 4.69) is 21.3 Å². The quantitative estimate of drug-likeness (QED) is 0.101. The molecule has 2 saturated heterocycles. The Balaban J connectivity index is 1.28. The summed E-state index contributed by atoms with van der Waals surface area (Å²) in [5.74, 6) is 0.985. The number of amides is 1. The number of aliphatic hydroxyl groups is 4. The molecular formula is C28H50N6O9. The molecule has 0 aromatic heterocycles. The fourth-order valence-corrected chi connectivity index (χ4v) is 6.34. The third-order valence-electron chi connectivity index (χ3n) is 9.15. The molecule has 3 aliphatic heterocycles. The molecule has 0 aromatic rings. The zero-order chi connectivity index (χ0) is 30.9. The summed E-state index contributed by atoms with van der Waals surface area (Å²) in [6.45, 7) is 3.44. The highest BCUT2D eigenvalue weighted by molar-refractivity contribution is 5.77. The van der Waals surface area contributed by atoms with E-state index in [9.17, 15) is 25.2 Å². The van der Waals surface area contributed by atoms with Crippen LogP contribution in [0.5, 0.6) is 0 Å². The van der Waals surface area contributed by atoms with Gasteiger partial charge < -0.3 is 72.1 Å². The van der Waals surface area contributed by atoms with Crippen molar-refractivity contribution >= 4 is 5.91 Å². The maximum atomic E-state index is 12.9. The molecule has 12 N–H and O–H groups in total. The summed E-state index contributed by atoms with van der Waals surface area (Å²) in [6, 6.07) is -2.83. The van der Waals surface area contributed by atoms with Crippen LogP contribution in [0.2, 0.25) is 0 Å². The normalized spacial score (nSPS) is 42.8. The van der Waals surface area contributed by atoms with Crippen LogP contribution in [-0.4, -0.2) is 139 Å². The third kappa shape index (κ3) is 7.85. The number of rotatable bonds is 12. The Kier molecular flexibility index (Phi) is 10.3. The largest absolute Gasteiger partial charge is 0.467 e. The predicted molar refractivity (Wildman–Crippen MR) is 153 cm³/mol. The van der Waals surface area contributed by atoms with Crippen LogP contribution in [-0.2, 0) is 23.7 Å². The first-order valence-corrected chi connectivity index (χ1v) is 15.4. The van der Waals surface area contributed by atoms with Crippen LogP contribution in [0.3, 0.4) is 0 Å². The van der Waals surface area contributed by atoms with E-state index in [0.29, 0.717) is 37.7 Å². The van der Waals surface area contributed by atoms with Crippen molar-refractivity contribution in [1.82, 2.24) is 21.3 Å². The number of carbonyl (C=O) groups is 1. The summed E-state index contributed by atoms with van der Waals surface area (Å²) < 4.78 is 24.1. The molecule has 2 aliphatic carbocycles. The van der Waals surface area contributed by atoms with Gasteiger partial charge in [-0.15, -0.1) is 0 Å². The standard InChI is InChI=1S/C28H50N6O9/c1-27(38)13-40-26(21(37)24(27)31-2)43-23-18(34-19(35)8-28(39)11-33-12-28)7-17(30)22(20(23)36)42-25-16(29)6-5-15(41-25)10-32-9-14-3-4-14/h5,14,16-18,20-26,31-33,36-39H,3-4,6-13,29-30H2,1-2H3,(H,34,35)/t16-,17+,18-,20+,21-,22-,23+,24-,25-,26-,27+/m1/s1. The van der Waals surface area contributed by atoms with Crippen molar-refractivity contribution in [3.05, 3.63) is 11.8 Å². The lowest BCUT2D eigenvalue weighted by atomic mass is 9.83. The highest BCUT2D eigenvalue weighted by Crippen LogP contribution is 2.32. The topological polar surface area (TPSA) is 235 Å². The van der Waals surface area contributed by atoms with Gasteiger partial charge in [0.2, 0.25) is 12.2 Å². The highest BCUT2D eigenvalue weighted by Gasteiger charge is 2.52. The average molecular weight is 615 g/mol. The lowest BCUT2D eigenvalue weighted by Gasteiger charge is -2.49. The summed E-state index contributed by atoms with van der Waals surface area (Å²) in [5, 5.41) is 55.9. The molecule has 0 radical (unpaired) electrons. The van der Waals surface area contributed by atoms with Crippen molar-refractivity contribution in [1.29, 1.82) is 0 Å². The van der Waals surface area contributed by atoms with Crippen LogP contribution in [0.1, 0.15) is 39.0 Å². The fourth-order valence-electron chi connectivity index (χ4n) is 6.34. The number of hydrogen-bond acceptors (Lipinski definition) is 14. The third-order valence-corrected chi connectivity index (χ3v) is 9.15. The van der Waals surface area contributed by atoms with Crippen molar-refractivity contribution in [2.75, 3.05) is 39.8 Å².